The third-order valence-electron chi connectivity index (χ3n) is 12.6. The van der Waals surface area contributed by atoms with E-state index in [2.05, 4.69) is 19.2 Å². The molecule has 0 aromatic heterocycles. The maximum absolute atomic E-state index is 12.4. The van der Waals surface area contributed by atoms with Crippen LogP contribution in [-0.2, 0) is 14.3 Å². The molecule has 0 saturated carbocycles. The number of rotatable bonds is 50. The number of amides is 1. The Morgan fingerprint density at radius 1 is 0.450 bits per heavy atom. The second-order valence-electron chi connectivity index (χ2n) is 18.6. The van der Waals surface area contributed by atoms with E-state index in [1.165, 1.54) is 212 Å². The second-order valence-corrected chi connectivity index (χ2v) is 18.6. The van der Waals surface area contributed by atoms with Crippen LogP contribution in [0.1, 0.15) is 296 Å². The first kappa shape index (κ1) is 58.6. The molecule has 6 nitrogen and oxygen atoms in total. The molecule has 60 heavy (non-hydrogen) atoms. The minimum Gasteiger partial charge on any atom is -0.466 e. The first-order valence-corrected chi connectivity index (χ1v) is 27.0. The molecule has 0 rings (SSSR count). The van der Waals surface area contributed by atoms with Crippen molar-refractivity contribution in [2.24, 2.45) is 0 Å². The highest BCUT2D eigenvalue weighted by atomic mass is 16.5. The molecule has 0 aliphatic carbocycles. The molecule has 0 saturated heterocycles. The van der Waals surface area contributed by atoms with Crippen molar-refractivity contribution in [3.63, 3.8) is 0 Å². The summed E-state index contributed by atoms with van der Waals surface area (Å²) < 4.78 is 5.47. The molecule has 0 heterocycles. The molecule has 0 aromatic carbocycles. The van der Waals surface area contributed by atoms with Gasteiger partial charge in [-0.25, -0.2) is 0 Å². The fourth-order valence-corrected chi connectivity index (χ4v) is 8.40. The third kappa shape index (κ3) is 46.1. The molecule has 0 aliphatic rings. The van der Waals surface area contributed by atoms with E-state index in [-0.39, 0.29) is 18.5 Å². The van der Waals surface area contributed by atoms with Crippen LogP contribution in [0.15, 0.2) is 12.2 Å². The van der Waals surface area contributed by atoms with Gasteiger partial charge in [0, 0.05) is 12.8 Å². The van der Waals surface area contributed by atoms with Crippen molar-refractivity contribution in [2.45, 2.75) is 309 Å². The van der Waals surface area contributed by atoms with Crippen LogP contribution in [0, 0.1) is 0 Å². The van der Waals surface area contributed by atoms with Gasteiger partial charge in [-0.1, -0.05) is 264 Å². The first-order valence-electron chi connectivity index (χ1n) is 27.0. The van der Waals surface area contributed by atoms with Gasteiger partial charge in [-0.3, -0.25) is 9.59 Å². The second kappa shape index (κ2) is 50.2. The zero-order valence-corrected chi connectivity index (χ0v) is 40.5. The Hall–Kier alpha value is -1.40. The highest BCUT2D eigenvalue weighted by Gasteiger charge is 2.18. The largest absolute Gasteiger partial charge is 0.466 e. The van der Waals surface area contributed by atoms with E-state index < -0.39 is 12.1 Å². The summed E-state index contributed by atoms with van der Waals surface area (Å²) in [6.07, 6.45) is 57.8. The van der Waals surface area contributed by atoms with Crippen LogP contribution in [0.4, 0.5) is 0 Å². The highest BCUT2D eigenvalue weighted by molar-refractivity contribution is 5.76. The number of aliphatic hydroxyl groups is 2. The number of ether oxygens (including phenoxy) is 1. The van der Waals surface area contributed by atoms with E-state index in [0.717, 1.165) is 57.8 Å². The molecule has 6 heteroatoms. The minimum atomic E-state index is -0.853. The van der Waals surface area contributed by atoms with Crippen LogP contribution >= 0.6 is 0 Å². The van der Waals surface area contributed by atoms with E-state index >= 15 is 0 Å². The Labute approximate surface area is 374 Å². The van der Waals surface area contributed by atoms with E-state index in [9.17, 15) is 19.8 Å². The van der Waals surface area contributed by atoms with E-state index in [0.29, 0.717) is 19.4 Å². The van der Waals surface area contributed by atoms with Gasteiger partial charge in [0.15, 0.2) is 0 Å². The minimum absolute atomic E-state index is 0.00756. The number of carbonyl (C=O) groups is 2. The van der Waals surface area contributed by atoms with E-state index in [4.69, 9.17) is 4.74 Å². The Bertz CT molecular complexity index is 893. The van der Waals surface area contributed by atoms with Crippen LogP contribution in [0.5, 0.6) is 0 Å². The standard InChI is InChI=1S/C54H105NO5/c1-3-5-7-9-11-13-15-17-19-21-22-26-30-34-38-42-46-52(57)51(50-56)55-53(58)47-43-39-35-31-27-24-25-29-33-37-41-45-49-60-54(59)48-44-40-36-32-28-23-20-18-16-14-12-10-8-6-4-2/h42,46,51-52,56-57H,3-41,43-45,47-50H2,1-2H3,(H,55,58)/b46-42+. The summed E-state index contributed by atoms with van der Waals surface area (Å²) in [6, 6.07) is -0.638. The van der Waals surface area contributed by atoms with Gasteiger partial charge in [-0.2, -0.15) is 0 Å². The zero-order valence-electron chi connectivity index (χ0n) is 40.5. The van der Waals surface area contributed by atoms with Crippen molar-refractivity contribution in [1.29, 1.82) is 0 Å². The number of nitrogens with one attached hydrogen (secondary N) is 1. The molecular weight excluding hydrogens is 743 g/mol. The lowest BCUT2D eigenvalue weighted by atomic mass is 10.0. The predicted octanol–water partition coefficient (Wildman–Crippen LogP) is 16.1. The summed E-state index contributed by atoms with van der Waals surface area (Å²) in [5, 5.41) is 23.1. The molecule has 3 N–H and O–H groups in total. The van der Waals surface area contributed by atoms with Crippen LogP contribution in [0.25, 0.3) is 0 Å². The average molecular weight is 848 g/mol. The molecule has 2 atom stereocenters. The molecule has 0 bridgehead atoms. The molecule has 0 aliphatic heterocycles. The Kier molecular flexibility index (Phi) is 49.1. The van der Waals surface area contributed by atoms with E-state index in [1.54, 1.807) is 6.08 Å². The van der Waals surface area contributed by atoms with Gasteiger partial charge in [-0.05, 0) is 32.1 Å². The average Bonchev–Trinajstić information content (AvgIpc) is 3.25. The lowest BCUT2D eigenvalue weighted by molar-refractivity contribution is -0.143. The molecular formula is C54H105NO5. The monoisotopic (exact) mass is 848 g/mol. The van der Waals surface area contributed by atoms with Gasteiger partial charge in [0.2, 0.25) is 5.91 Å². The summed E-state index contributed by atoms with van der Waals surface area (Å²) in [6.45, 7) is 4.88. The number of unbranched alkanes of at least 4 members (excludes halogenated alkanes) is 39. The fourth-order valence-electron chi connectivity index (χ4n) is 8.40. The van der Waals surface area contributed by atoms with Gasteiger partial charge in [0.1, 0.15) is 0 Å². The number of aliphatic hydroxyl groups excluding tert-OH is 2. The quantitative estimate of drug-likeness (QED) is 0.0322. The molecule has 0 aromatic rings. The highest BCUT2D eigenvalue weighted by Crippen LogP contribution is 2.17. The number of hydrogen-bond acceptors (Lipinski definition) is 5. The van der Waals surface area contributed by atoms with Crippen LogP contribution in [0.3, 0.4) is 0 Å². The van der Waals surface area contributed by atoms with Crippen molar-refractivity contribution >= 4 is 11.9 Å². The smallest absolute Gasteiger partial charge is 0.305 e. The Balaban J connectivity index is 3.48. The topological polar surface area (TPSA) is 95.9 Å². The molecule has 0 fully saturated rings. The lowest BCUT2D eigenvalue weighted by Gasteiger charge is -2.20. The summed E-state index contributed by atoms with van der Waals surface area (Å²) in [7, 11) is 0. The molecule has 0 radical (unpaired) electrons. The van der Waals surface area contributed by atoms with Crippen molar-refractivity contribution in [3.05, 3.63) is 12.2 Å². The van der Waals surface area contributed by atoms with Crippen molar-refractivity contribution in [3.8, 4) is 0 Å². The maximum Gasteiger partial charge on any atom is 0.305 e. The SMILES string of the molecule is CCCCCCCCCCCCCCCC/C=C/C(O)C(CO)NC(=O)CCCCCCCCCCCCCCOC(=O)CCCCCCCCCCCCCCCCC. The summed E-state index contributed by atoms with van der Waals surface area (Å²) in [4.78, 5) is 24.5. The zero-order chi connectivity index (χ0) is 43.7. The van der Waals surface area contributed by atoms with Gasteiger partial charge in [0.25, 0.3) is 0 Å². The normalized spacial score (nSPS) is 12.7. The first-order chi connectivity index (χ1) is 29.5. The Morgan fingerprint density at radius 2 is 0.767 bits per heavy atom. The third-order valence-corrected chi connectivity index (χ3v) is 12.6. The van der Waals surface area contributed by atoms with Crippen molar-refractivity contribution in [2.75, 3.05) is 13.2 Å². The number of allylic oxidation sites excluding steroid dienone is 1. The maximum atomic E-state index is 12.4. The summed E-state index contributed by atoms with van der Waals surface area (Å²) >= 11 is 0. The van der Waals surface area contributed by atoms with Crippen molar-refractivity contribution < 1.29 is 24.5 Å². The van der Waals surface area contributed by atoms with E-state index in [1.807, 2.05) is 6.08 Å². The number of esters is 1. The van der Waals surface area contributed by atoms with Crippen LogP contribution in [-0.4, -0.2) is 47.4 Å². The van der Waals surface area contributed by atoms with Gasteiger partial charge < -0.3 is 20.3 Å². The summed E-state index contributed by atoms with van der Waals surface area (Å²) in [5.41, 5.74) is 0. The van der Waals surface area contributed by atoms with Crippen LogP contribution in [0.2, 0.25) is 0 Å². The Morgan fingerprint density at radius 3 is 1.13 bits per heavy atom. The van der Waals surface area contributed by atoms with Gasteiger partial charge in [-0.15, -0.1) is 0 Å². The van der Waals surface area contributed by atoms with Crippen LogP contribution < -0.4 is 5.32 Å². The van der Waals surface area contributed by atoms with Gasteiger partial charge >= 0.3 is 5.97 Å². The molecule has 0 spiro atoms. The van der Waals surface area contributed by atoms with Gasteiger partial charge in [0.05, 0.1) is 25.4 Å². The molecule has 2 unspecified atom stereocenters. The fraction of sp³-hybridized carbons (Fsp3) is 0.926. The molecule has 1 amide bonds. The van der Waals surface area contributed by atoms with Crippen molar-refractivity contribution in [1.82, 2.24) is 5.32 Å². The number of carbonyl (C=O) groups excluding carboxylic acids is 2. The predicted molar refractivity (Wildman–Crippen MR) is 260 cm³/mol. The molecule has 356 valence electrons. The number of hydrogen-bond donors (Lipinski definition) is 3. The lowest BCUT2D eigenvalue weighted by Crippen LogP contribution is -2.45. The summed E-state index contributed by atoms with van der Waals surface area (Å²) in [5.74, 6) is -0.0890.